The molecule has 0 aromatic rings. The summed E-state index contributed by atoms with van der Waals surface area (Å²) in [6, 6.07) is 0. The lowest BCUT2D eigenvalue weighted by Gasteiger charge is -2.74. The first-order valence-corrected chi connectivity index (χ1v) is 10.3. The monoisotopic (exact) mass is 394 g/mol. The van der Waals surface area contributed by atoms with Crippen molar-refractivity contribution in [2.45, 2.75) is 69.9 Å². The molecule has 0 aromatic carbocycles. The third kappa shape index (κ3) is 1.95. The highest BCUT2D eigenvalue weighted by molar-refractivity contribution is 5.89. The summed E-state index contributed by atoms with van der Waals surface area (Å²) in [7, 11) is 1.50. The molecule has 0 unspecified atom stereocenters. The Labute approximate surface area is 164 Å². The fourth-order valence-electron chi connectivity index (χ4n) is 7.65. The molecule has 156 valence electrons. The molecule has 7 heteroatoms. The SMILES string of the molecule is C=C1C(=O)O[C@H]2C[C@@H]1C[C@H]1[C@@H]2[C@@]23[C@@H](OC)O[C@]1(O)[C@@H](O)[C@@H]2C(C)(C)CC[C@@H]3O. The fraction of sp³-hybridized carbons (Fsp3) is 0.857. The van der Waals surface area contributed by atoms with Crippen molar-refractivity contribution in [1.29, 1.82) is 0 Å². The van der Waals surface area contributed by atoms with Crippen molar-refractivity contribution in [3.8, 4) is 0 Å². The first kappa shape index (κ1) is 19.0. The van der Waals surface area contributed by atoms with Crippen LogP contribution in [-0.4, -0.2) is 58.8 Å². The maximum absolute atomic E-state index is 12.4. The van der Waals surface area contributed by atoms with Crippen LogP contribution in [0.3, 0.4) is 0 Å². The van der Waals surface area contributed by atoms with Gasteiger partial charge in [0.05, 0.1) is 11.5 Å². The molecule has 6 aliphatic rings. The average Bonchev–Trinajstić information content (AvgIpc) is 2.64. The lowest BCUT2D eigenvalue weighted by Crippen LogP contribution is -2.84. The van der Waals surface area contributed by atoms with E-state index in [1.165, 1.54) is 7.11 Å². The van der Waals surface area contributed by atoms with Crippen molar-refractivity contribution in [1.82, 2.24) is 0 Å². The standard InChI is InChI=1S/C21H30O7/c1-9-10-7-11-14(12(8-10)27-17(9)24)20-13(22)5-6-19(2,3)15(20)16(23)21(11,25)28-18(20)26-4/h10-16,18,22-23,25H,1,5-8H2,2-4H3/t10-,11-,12-,13-,14-,15+,16-,18-,20+,21-/m0/s1. The second kappa shape index (κ2) is 5.58. The highest BCUT2D eigenvalue weighted by atomic mass is 16.7. The second-order valence-corrected chi connectivity index (χ2v) is 10.2. The molecule has 6 fully saturated rings. The number of carbonyl (C=O) groups is 1. The first-order valence-electron chi connectivity index (χ1n) is 10.3. The Morgan fingerprint density at radius 2 is 1.96 bits per heavy atom. The molecule has 0 radical (unpaired) electrons. The van der Waals surface area contributed by atoms with E-state index in [0.717, 1.165) is 0 Å². The van der Waals surface area contributed by atoms with Gasteiger partial charge in [0.15, 0.2) is 12.1 Å². The predicted octanol–water partition coefficient (Wildman–Crippen LogP) is 0.960. The van der Waals surface area contributed by atoms with Crippen LogP contribution >= 0.6 is 0 Å². The van der Waals surface area contributed by atoms with E-state index in [4.69, 9.17) is 14.2 Å². The second-order valence-electron chi connectivity index (χ2n) is 10.2. The molecule has 3 saturated carbocycles. The van der Waals surface area contributed by atoms with Gasteiger partial charge in [-0.1, -0.05) is 20.4 Å². The number of ether oxygens (including phenoxy) is 3. The molecular weight excluding hydrogens is 364 g/mol. The van der Waals surface area contributed by atoms with Gasteiger partial charge in [-0.25, -0.2) is 4.79 Å². The first-order chi connectivity index (χ1) is 13.1. The summed E-state index contributed by atoms with van der Waals surface area (Å²) < 4.78 is 17.5. The van der Waals surface area contributed by atoms with Crippen LogP contribution in [0.5, 0.6) is 0 Å². The van der Waals surface area contributed by atoms with Gasteiger partial charge in [0, 0.05) is 30.4 Å². The minimum atomic E-state index is -1.81. The molecule has 3 saturated heterocycles. The number of carbonyl (C=O) groups excluding carboxylic acids is 1. The quantitative estimate of drug-likeness (QED) is 0.449. The van der Waals surface area contributed by atoms with Crippen molar-refractivity contribution in [3.05, 3.63) is 12.2 Å². The highest BCUT2D eigenvalue weighted by Gasteiger charge is 2.81. The van der Waals surface area contributed by atoms with E-state index in [1.54, 1.807) is 0 Å². The summed E-state index contributed by atoms with van der Waals surface area (Å²) in [6.45, 7) is 7.99. The van der Waals surface area contributed by atoms with Crippen LogP contribution in [0.4, 0.5) is 0 Å². The van der Waals surface area contributed by atoms with Gasteiger partial charge < -0.3 is 29.5 Å². The van der Waals surface area contributed by atoms with Crippen molar-refractivity contribution < 1.29 is 34.3 Å². The van der Waals surface area contributed by atoms with Crippen LogP contribution in [0, 0.1) is 34.5 Å². The molecule has 10 atom stereocenters. The van der Waals surface area contributed by atoms with Crippen LogP contribution in [0.15, 0.2) is 12.2 Å². The summed E-state index contributed by atoms with van der Waals surface area (Å²) in [6.07, 6.45) is -0.953. The summed E-state index contributed by atoms with van der Waals surface area (Å²) >= 11 is 0. The zero-order valence-corrected chi connectivity index (χ0v) is 16.6. The van der Waals surface area contributed by atoms with Crippen LogP contribution in [0.1, 0.15) is 39.5 Å². The van der Waals surface area contributed by atoms with Gasteiger partial charge in [-0.15, -0.1) is 0 Å². The van der Waals surface area contributed by atoms with Gasteiger partial charge in [-0.3, -0.25) is 0 Å². The van der Waals surface area contributed by atoms with E-state index in [1.807, 2.05) is 0 Å². The lowest BCUT2D eigenvalue weighted by atomic mass is 9.38. The largest absolute Gasteiger partial charge is 0.459 e. The minimum Gasteiger partial charge on any atom is -0.459 e. The number of fused-ring (bicyclic) bond motifs is 3. The summed E-state index contributed by atoms with van der Waals surface area (Å²) in [5.74, 6) is -3.60. The maximum atomic E-state index is 12.4. The summed E-state index contributed by atoms with van der Waals surface area (Å²) in [5, 5.41) is 34.4. The van der Waals surface area contributed by atoms with E-state index < -0.39 is 53.6 Å². The Hall–Kier alpha value is -0.990. The predicted molar refractivity (Wildman–Crippen MR) is 96.5 cm³/mol. The molecule has 6 rings (SSSR count). The number of methoxy groups -OCH3 is 1. The lowest BCUT2D eigenvalue weighted by molar-refractivity contribution is -0.496. The smallest absolute Gasteiger partial charge is 0.333 e. The average molecular weight is 394 g/mol. The molecule has 3 aliphatic carbocycles. The van der Waals surface area contributed by atoms with Crippen LogP contribution < -0.4 is 0 Å². The van der Waals surface area contributed by atoms with Crippen LogP contribution in [-0.2, 0) is 19.0 Å². The molecule has 3 N–H and O–H groups in total. The minimum absolute atomic E-state index is 0.115. The normalized spacial score (nSPS) is 56.6. The fourth-order valence-corrected chi connectivity index (χ4v) is 7.65. The molecule has 3 aliphatic heterocycles. The Kier molecular flexibility index (Phi) is 3.78. The summed E-state index contributed by atoms with van der Waals surface area (Å²) in [4.78, 5) is 12.4. The van der Waals surface area contributed by atoms with Gasteiger partial charge in [0.1, 0.15) is 12.2 Å². The molecule has 4 bridgehead atoms. The molecule has 1 spiro atoms. The Morgan fingerprint density at radius 1 is 1.25 bits per heavy atom. The Balaban J connectivity index is 1.73. The summed E-state index contributed by atoms with van der Waals surface area (Å²) in [5.41, 5.74) is -0.896. The van der Waals surface area contributed by atoms with Crippen molar-refractivity contribution in [2.24, 2.45) is 34.5 Å². The Bertz CT molecular complexity index is 734. The number of hydrogen-bond acceptors (Lipinski definition) is 7. The van der Waals surface area contributed by atoms with E-state index in [9.17, 15) is 20.1 Å². The van der Waals surface area contributed by atoms with Crippen molar-refractivity contribution in [2.75, 3.05) is 7.11 Å². The zero-order valence-electron chi connectivity index (χ0n) is 16.6. The van der Waals surface area contributed by atoms with E-state index in [2.05, 4.69) is 20.4 Å². The van der Waals surface area contributed by atoms with Gasteiger partial charge in [-0.2, -0.15) is 0 Å². The zero-order chi connectivity index (χ0) is 20.2. The van der Waals surface area contributed by atoms with Crippen LogP contribution in [0.25, 0.3) is 0 Å². The molecule has 0 aromatic heterocycles. The number of aliphatic hydroxyl groups excluding tert-OH is 2. The van der Waals surface area contributed by atoms with Gasteiger partial charge in [-0.05, 0) is 37.0 Å². The number of aliphatic hydroxyl groups is 3. The maximum Gasteiger partial charge on any atom is 0.333 e. The third-order valence-electron chi connectivity index (χ3n) is 8.69. The molecule has 28 heavy (non-hydrogen) atoms. The van der Waals surface area contributed by atoms with Crippen molar-refractivity contribution in [3.63, 3.8) is 0 Å². The van der Waals surface area contributed by atoms with Gasteiger partial charge >= 0.3 is 5.97 Å². The van der Waals surface area contributed by atoms with E-state index in [0.29, 0.717) is 31.3 Å². The highest BCUT2D eigenvalue weighted by Crippen LogP contribution is 2.72. The van der Waals surface area contributed by atoms with Crippen LogP contribution in [0.2, 0.25) is 0 Å². The van der Waals surface area contributed by atoms with Crippen molar-refractivity contribution >= 4 is 5.97 Å². The molecule has 3 heterocycles. The van der Waals surface area contributed by atoms with E-state index >= 15 is 0 Å². The molecule has 7 nitrogen and oxygen atoms in total. The third-order valence-corrected chi connectivity index (χ3v) is 8.69. The number of rotatable bonds is 1. The number of hydrogen-bond donors (Lipinski definition) is 3. The molecule has 0 amide bonds. The number of esters is 1. The Morgan fingerprint density at radius 3 is 2.64 bits per heavy atom. The molecular formula is C21H30O7. The van der Waals surface area contributed by atoms with E-state index in [-0.39, 0.29) is 17.3 Å². The topological polar surface area (TPSA) is 105 Å². The van der Waals surface area contributed by atoms with Gasteiger partial charge in [0.25, 0.3) is 0 Å². The van der Waals surface area contributed by atoms with Gasteiger partial charge in [0.2, 0.25) is 0 Å².